The van der Waals surface area contributed by atoms with Gasteiger partial charge < -0.3 is 5.11 Å². The minimum absolute atomic E-state index is 0.138. The maximum Gasteiger partial charge on any atom is 0.0849 e. The molecule has 114 valence electrons. The molecule has 1 atom stereocenters. The quantitative estimate of drug-likeness (QED) is 0.839. The van der Waals surface area contributed by atoms with Crippen molar-refractivity contribution in [1.29, 1.82) is 0 Å². The number of rotatable bonds is 6. The molecule has 1 aromatic carbocycles. The van der Waals surface area contributed by atoms with Crippen molar-refractivity contribution in [3.05, 3.63) is 50.7 Å². The van der Waals surface area contributed by atoms with Crippen molar-refractivity contribution in [2.24, 2.45) is 13.0 Å². The molecule has 0 fully saturated rings. The van der Waals surface area contributed by atoms with Gasteiger partial charge in [-0.3, -0.25) is 4.68 Å². The summed E-state index contributed by atoms with van der Waals surface area (Å²) in [7, 11) is 1.91. The summed E-state index contributed by atoms with van der Waals surface area (Å²) in [6, 6.07) is 8.20. The minimum Gasteiger partial charge on any atom is -0.396 e. The number of aliphatic hydroxyl groups is 1. The van der Waals surface area contributed by atoms with Crippen molar-refractivity contribution in [3.8, 4) is 0 Å². The highest BCUT2D eigenvalue weighted by Gasteiger charge is 2.18. The first-order valence-electron chi connectivity index (χ1n) is 7.10. The van der Waals surface area contributed by atoms with Gasteiger partial charge in [0.15, 0.2) is 0 Å². The van der Waals surface area contributed by atoms with E-state index in [1.54, 1.807) is 0 Å². The first-order valence-corrected chi connectivity index (χ1v) is 8.27. The Hall–Kier alpha value is -0.840. The van der Waals surface area contributed by atoms with Crippen LogP contribution < -0.4 is 0 Å². The third kappa shape index (κ3) is 4.09. The number of aromatic nitrogens is 2. The Kier molecular flexibility index (Phi) is 5.85. The summed E-state index contributed by atoms with van der Waals surface area (Å²) in [4.78, 5) is 0. The van der Waals surface area contributed by atoms with E-state index in [9.17, 15) is 5.11 Å². The van der Waals surface area contributed by atoms with Crippen molar-refractivity contribution in [2.75, 3.05) is 6.61 Å². The van der Waals surface area contributed by atoms with Gasteiger partial charge in [-0.1, -0.05) is 46.6 Å². The monoisotopic (exact) mass is 370 g/mol. The van der Waals surface area contributed by atoms with E-state index in [0.717, 1.165) is 40.1 Å². The van der Waals surface area contributed by atoms with E-state index in [4.69, 9.17) is 11.6 Å². The van der Waals surface area contributed by atoms with Crippen molar-refractivity contribution in [3.63, 3.8) is 0 Å². The summed E-state index contributed by atoms with van der Waals surface area (Å²) < 4.78 is 2.90. The molecule has 0 saturated heterocycles. The zero-order valence-corrected chi connectivity index (χ0v) is 14.7. The van der Waals surface area contributed by atoms with Gasteiger partial charge in [0, 0.05) is 18.1 Å². The normalized spacial score (nSPS) is 12.6. The van der Waals surface area contributed by atoms with Crippen molar-refractivity contribution >= 4 is 27.5 Å². The van der Waals surface area contributed by atoms with Gasteiger partial charge in [-0.15, -0.1) is 0 Å². The summed E-state index contributed by atoms with van der Waals surface area (Å²) >= 11 is 9.82. The molecule has 0 radical (unpaired) electrons. The molecule has 0 aliphatic rings. The third-order valence-electron chi connectivity index (χ3n) is 3.68. The summed E-state index contributed by atoms with van der Waals surface area (Å²) in [5, 5.41) is 14.8. The molecule has 1 heterocycles. The molecule has 21 heavy (non-hydrogen) atoms. The number of nitrogens with zero attached hydrogens (tertiary/aromatic N) is 2. The van der Waals surface area contributed by atoms with Crippen LogP contribution in [0.1, 0.15) is 23.9 Å². The zero-order chi connectivity index (χ0) is 15.4. The molecule has 1 aromatic heterocycles. The van der Waals surface area contributed by atoms with Crippen LogP contribution >= 0.6 is 27.5 Å². The molecule has 1 N–H and O–H groups in total. The Morgan fingerprint density at radius 3 is 2.48 bits per heavy atom. The van der Waals surface area contributed by atoms with Gasteiger partial charge in [0.05, 0.1) is 16.4 Å². The lowest BCUT2D eigenvalue weighted by molar-refractivity contribution is 0.223. The molecule has 0 aliphatic carbocycles. The second kappa shape index (κ2) is 7.43. The van der Waals surface area contributed by atoms with Crippen LogP contribution in [0, 0.1) is 5.92 Å². The lowest BCUT2D eigenvalue weighted by atomic mass is 9.95. The lowest BCUT2D eigenvalue weighted by Crippen LogP contribution is -2.15. The molecule has 2 rings (SSSR count). The Labute approximate surface area is 139 Å². The topological polar surface area (TPSA) is 38.0 Å². The van der Waals surface area contributed by atoms with Crippen molar-refractivity contribution in [1.82, 2.24) is 9.78 Å². The fraction of sp³-hybridized carbons (Fsp3) is 0.438. The van der Waals surface area contributed by atoms with Crippen molar-refractivity contribution < 1.29 is 5.11 Å². The summed E-state index contributed by atoms with van der Waals surface area (Å²) in [5.41, 5.74) is 3.14. The van der Waals surface area contributed by atoms with Crippen LogP contribution in [0.15, 0.2) is 28.7 Å². The second-order valence-corrected chi connectivity index (χ2v) is 6.56. The highest BCUT2D eigenvalue weighted by atomic mass is 79.9. The molecule has 0 saturated carbocycles. The summed E-state index contributed by atoms with van der Waals surface area (Å²) in [5.74, 6) is 0.142. The first-order chi connectivity index (χ1) is 10.0. The lowest BCUT2D eigenvalue weighted by Gasteiger charge is -2.15. The fourth-order valence-corrected chi connectivity index (χ4v) is 3.11. The van der Waals surface area contributed by atoms with Gasteiger partial charge in [0.25, 0.3) is 0 Å². The maximum atomic E-state index is 9.67. The van der Waals surface area contributed by atoms with E-state index < -0.39 is 0 Å². The van der Waals surface area contributed by atoms with Gasteiger partial charge >= 0.3 is 0 Å². The zero-order valence-electron chi connectivity index (χ0n) is 12.3. The third-order valence-corrected chi connectivity index (χ3v) is 4.65. The van der Waals surface area contributed by atoms with E-state index in [2.05, 4.69) is 33.2 Å². The van der Waals surface area contributed by atoms with Crippen LogP contribution in [-0.2, 0) is 26.3 Å². The number of aryl methyl sites for hydroxylation is 2. The molecule has 0 bridgehead atoms. The molecule has 3 nitrogen and oxygen atoms in total. The van der Waals surface area contributed by atoms with Crippen LogP contribution in [0.4, 0.5) is 0 Å². The number of hydrogen-bond acceptors (Lipinski definition) is 2. The Bertz CT molecular complexity index is 595. The van der Waals surface area contributed by atoms with E-state index in [1.807, 2.05) is 30.8 Å². The SMILES string of the molecule is CCc1nn(C)c(CC(CO)Cc2ccc(Br)cc2)c1Cl. The maximum absolute atomic E-state index is 9.67. The average molecular weight is 372 g/mol. The van der Waals surface area contributed by atoms with Gasteiger partial charge in [-0.25, -0.2) is 0 Å². The molecule has 2 aromatic rings. The predicted octanol–water partition coefficient (Wildman–Crippen LogP) is 3.79. The largest absolute Gasteiger partial charge is 0.396 e. The molecule has 0 spiro atoms. The van der Waals surface area contributed by atoms with E-state index in [-0.39, 0.29) is 12.5 Å². The molecule has 0 aliphatic heterocycles. The second-order valence-electron chi connectivity index (χ2n) is 5.27. The molecule has 0 amide bonds. The Morgan fingerprint density at radius 2 is 1.95 bits per heavy atom. The minimum atomic E-state index is 0.138. The number of halogens is 2. The summed E-state index contributed by atoms with van der Waals surface area (Å²) in [6.07, 6.45) is 2.38. The number of benzene rings is 1. The van der Waals surface area contributed by atoms with Gasteiger partial charge in [0.2, 0.25) is 0 Å². The van der Waals surface area contributed by atoms with Crippen LogP contribution in [0.5, 0.6) is 0 Å². The van der Waals surface area contributed by atoms with Crippen LogP contribution in [0.25, 0.3) is 0 Å². The highest BCUT2D eigenvalue weighted by Crippen LogP contribution is 2.25. The van der Waals surface area contributed by atoms with Crippen molar-refractivity contribution in [2.45, 2.75) is 26.2 Å². The van der Waals surface area contributed by atoms with Gasteiger partial charge in [-0.05, 0) is 42.9 Å². The van der Waals surface area contributed by atoms with Gasteiger partial charge in [-0.2, -0.15) is 5.10 Å². The Balaban J connectivity index is 2.12. The standard InChI is InChI=1S/C16H20BrClN2O/c1-3-14-16(18)15(20(2)19-14)9-12(10-21)8-11-4-6-13(17)7-5-11/h4-7,12,21H,3,8-10H2,1-2H3. The molecule has 1 unspecified atom stereocenters. The van der Waals surface area contributed by atoms with E-state index in [1.165, 1.54) is 5.56 Å². The molecular formula is C16H20BrClN2O. The highest BCUT2D eigenvalue weighted by molar-refractivity contribution is 9.10. The Morgan fingerprint density at radius 1 is 1.29 bits per heavy atom. The molecular weight excluding hydrogens is 352 g/mol. The number of hydrogen-bond donors (Lipinski definition) is 1. The van der Waals surface area contributed by atoms with Crippen LogP contribution in [-0.4, -0.2) is 21.5 Å². The number of aliphatic hydroxyl groups excluding tert-OH is 1. The smallest absolute Gasteiger partial charge is 0.0849 e. The first kappa shape index (κ1) is 16.5. The fourth-order valence-electron chi connectivity index (χ4n) is 2.47. The van der Waals surface area contributed by atoms with E-state index >= 15 is 0 Å². The summed E-state index contributed by atoms with van der Waals surface area (Å²) in [6.45, 7) is 2.18. The van der Waals surface area contributed by atoms with Gasteiger partial charge in [0.1, 0.15) is 0 Å². The van der Waals surface area contributed by atoms with Crippen LogP contribution in [0.2, 0.25) is 5.02 Å². The molecule has 5 heteroatoms. The average Bonchev–Trinajstić information content (AvgIpc) is 2.75. The van der Waals surface area contributed by atoms with E-state index in [0.29, 0.717) is 0 Å². The predicted molar refractivity (Wildman–Crippen MR) is 89.7 cm³/mol. The van der Waals surface area contributed by atoms with Crippen LogP contribution in [0.3, 0.4) is 0 Å².